The molecule has 0 saturated carbocycles. The molecule has 0 unspecified atom stereocenters. The van der Waals surface area contributed by atoms with Crippen LogP contribution in [0.15, 0.2) is 30.6 Å². The molecule has 1 radical (unpaired) electrons. The monoisotopic (exact) mass is 413 g/mol. The standard InChI is InChI=1S/C15H11FN7O.Y/c1-9-2-3-11(16)10(6-9)15-21-20-13-4-5-14(22-23(13)15)24-7-12-17-8-18-19-12;/h2-5,8H,7H2,1H3,(H,17,18,19);/q-1;. The van der Waals surface area contributed by atoms with E-state index >= 15 is 0 Å². The second-order valence-electron chi connectivity index (χ2n) is 5.05. The van der Waals surface area contributed by atoms with E-state index in [2.05, 4.69) is 36.5 Å². The first-order valence-electron chi connectivity index (χ1n) is 7.09. The van der Waals surface area contributed by atoms with E-state index in [9.17, 15) is 4.39 Å². The van der Waals surface area contributed by atoms with Gasteiger partial charge in [0.05, 0.1) is 0 Å². The number of aromatic nitrogens is 7. The van der Waals surface area contributed by atoms with Gasteiger partial charge in [-0.15, -0.1) is 34.0 Å². The fourth-order valence-corrected chi connectivity index (χ4v) is 2.19. The molecule has 1 aromatic carbocycles. The summed E-state index contributed by atoms with van der Waals surface area (Å²) in [4.78, 5) is 3.96. The second-order valence-corrected chi connectivity index (χ2v) is 5.05. The first-order chi connectivity index (χ1) is 11.7. The van der Waals surface area contributed by atoms with Crippen molar-refractivity contribution in [1.29, 1.82) is 0 Å². The van der Waals surface area contributed by atoms with Gasteiger partial charge in [-0.1, -0.05) is 12.5 Å². The Hall–Kier alpha value is -2.26. The van der Waals surface area contributed by atoms with Crippen molar-refractivity contribution in [3.05, 3.63) is 53.9 Å². The Balaban J connectivity index is 0.00000182. The number of aromatic amines is 1. The molecule has 0 aliphatic carbocycles. The fourth-order valence-electron chi connectivity index (χ4n) is 2.19. The predicted molar refractivity (Wildman–Crippen MR) is 80.5 cm³/mol. The number of H-pyrrole nitrogens is 1. The van der Waals surface area contributed by atoms with Gasteiger partial charge in [-0.3, -0.25) is 9.49 Å². The van der Waals surface area contributed by atoms with Crippen molar-refractivity contribution in [2.45, 2.75) is 13.5 Å². The number of fused-ring (bicyclic) bond motifs is 1. The molecular weight excluding hydrogens is 402 g/mol. The Morgan fingerprint density at radius 1 is 1.24 bits per heavy atom. The zero-order chi connectivity index (χ0) is 16.5. The molecule has 4 aromatic rings. The van der Waals surface area contributed by atoms with Crippen LogP contribution in [0, 0.1) is 18.8 Å². The summed E-state index contributed by atoms with van der Waals surface area (Å²) >= 11 is 0. The van der Waals surface area contributed by atoms with Gasteiger partial charge in [-0.25, -0.2) is 9.50 Å². The van der Waals surface area contributed by atoms with Crippen molar-refractivity contribution in [1.82, 2.24) is 35.0 Å². The minimum Gasteiger partial charge on any atom is -0.468 e. The summed E-state index contributed by atoms with van der Waals surface area (Å²) in [6, 6.07) is 9.29. The summed E-state index contributed by atoms with van der Waals surface area (Å²) in [5, 5.41) is 18.7. The van der Waals surface area contributed by atoms with Gasteiger partial charge in [-0.2, -0.15) is 10.2 Å². The molecule has 0 bridgehead atoms. The average molecular weight is 413 g/mol. The van der Waals surface area contributed by atoms with Crippen molar-refractivity contribution in [3.63, 3.8) is 0 Å². The van der Waals surface area contributed by atoms with Gasteiger partial charge >= 0.3 is 0 Å². The van der Waals surface area contributed by atoms with Crippen LogP contribution in [0.1, 0.15) is 11.4 Å². The average Bonchev–Trinajstić information content (AvgIpc) is 3.24. The summed E-state index contributed by atoms with van der Waals surface area (Å²) < 4.78 is 21.1. The molecule has 0 saturated heterocycles. The molecule has 25 heavy (non-hydrogen) atoms. The molecule has 3 aromatic heterocycles. The largest absolute Gasteiger partial charge is 0.468 e. The van der Waals surface area contributed by atoms with Crippen molar-refractivity contribution >= 4 is 5.65 Å². The molecule has 0 aliphatic heterocycles. The number of rotatable bonds is 4. The molecule has 0 fully saturated rings. The number of hydrogen-bond donors (Lipinski definition) is 1. The van der Waals surface area contributed by atoms with Crippen molar-refractivity contribution in [2.75, 3.05) is 0 Å². The molecule has 8 nitrogen and oxygen atoms in total. The summed E-state index contributed by atoms with van der Waals surface area (Å²) in [5.41, 5.74) is 1.48. The third-order valence-electron chi connectivity index (χ3n) is 3.32. The van der Waals surface area contributed by atoms with Gasteiger partial charge < -0.3 is 4.74 Å². The van der Waals surface area contributed by atoms with Crippen molar-refractivity contribution < 1.29 is 41.8 Å². The predicted octanol–water partition coefficient (Wildman–Crippen LogP) is 1.73. The van der Waals surface area contributed by atoms with Crippen molar-refractivity contribution in [2.24, 2.45) is 0 Å². The van der Waals surface area contributed by atoms with Crippen LogP contribution in [0.4, 0.5) is 4.39 Å². The number of nitrogens with zero attached hydrogens (tertiary/aromatic N) is 6. The van der Waals surface area contributed by atoms with Crippen LogP contribution in [0.2, 0.25) is 0 Å². The van der Waals surface area contributed by atoms with E-state index in [0.717, 1.165) is 5.56 Å². The summed E-state index contributed by atoms with van der Waals surface area (Å²) in [7, 11) is 0. The first-order valence-corrected chi connectivity index (χ1v) is 7.09. The molecule has 10 heteroatoms. The number of halogens is 1. The van der Waals surface area contributed by atoms with E-state index in [-0.39, 0.29) is 50.7 Å². The van der Waals surface area contributed by atoms with Crippen LogP contribution in [0.5, 0.6) is 5.88 Å². The molecular formula is C15H11FN7OY-. The topological polar surface area (TPSA) is 93.9 Å². The molecule has 0 aliphatic rings. The Labute approximate surface area is 166 Å². The minimum absolute atomic E-state index is 0. The maximum Gasteiger partial charge on any atom is 0.231 e. The number of ether oxygens (including phenoxy) is 1. The summed E-state index contributed by atoms with van der Waals surface area (Å²) in [6.45, 7) is 2.01. The van der Waals surface area contributed by atoms with E-state index in [0.29, 0.717) is 17.4 Å². The van der Waals surface area contributed by atoms with Gasteiger partial charge in [0.2, 0.25) is 5.88 Å². The maximum absolute atomic E-state index is 14.1. The maximum atomic E-state index is 14.1. The minimum atomic E-state index is -0.440. The third kappa shape index (κ3) is 3.57. The SMILES string of the molecule is Cc1[c-]c(-c2nnc3ccc(OCc4ncn[nH]4)nn23)c(F)cc1.[Y]. The normalized spacial score (nSPS) is 10.6. The van der Waals surface area contributed by atoms with Gasteiger partial charge in [0.1, 0.15) is 18.8 Å². The third-order valence-corrected chi connectivity index (χ3v) is 3.32. The van der Waals surface area contributed by atoms with Gasteiger partial charge in [0, 0.05) is 44.6 Å². The quantitative estimate of drug-likeness (QED) is 0.513. The van der Waals surface area contributed by atoms with E-state index in [1.54, 1.807) is 18.2 Å². The first kappa shape index (κ1) is 17.6. The van der Waals surface area contributed by atoms with Gasteiger partial charge in [-0.05, 0) is 6.07 Å². The zero-order valence-corrected chi connectivity index (χ0v) is 16.0. The molecule has 1 N–H and O–H groups in total. The number of benzene rings is 1. The van der Waals surface area contributed by atoms with E-state index < -0.39 is 5.82 Å². The summed E-state index contributed by atoms with van der Waals surface area (Å²) in [6.07, 6.45) is 1.39. The van der Waals surface area contributed by atoms with E-state index in [1.807, 2.05) is 6.92 Å². The molecule has 0 amide bonds. The van der Waals surface area contributed by atoms with Crippen LogP contribution in [0.3, 0.4) is 0 Å². The number of aryl methyl sites for hydroxylation is 1. The number of nitrogens with one attached hydrogen (secondary N) is 1. The van der Waals surface area contributed by atoms with E-state index in [1.165, 1.54) is 16.9 Å². The van der Waals surface area contributed by atoms with E-state index in [4.69, 9.17) is 4.74 Å². The Morgan fingerprint density at radius 2 is 2.12 bits per heavy atom. The van der Waals surface area contributed by atoms with Crippen LogP contribution in [-0.2, 0) is 39.3 Å². The van der Waals surface area contributed by atoms with Crippen LogP contribution in [0.25, 0.3) is 17.0 Å². The molecule has 0 atom stereocenters. The second kappa shape index (κ2) is 7.32. The van der Waals surface area contributed by atoms with Gasteiger partial charge in [0.25, 0.3) is 0 Å². The Bertz CT molecular complexity index is 1000. The molecule has 4 rings (SSSR count). The Kier molecular flexibility index (Phi) is 5.14. The molecule has 3 heterocycles. The zero-order valence-electron chi connectivity index (χ0n) is 13.1. The molecule has 123 valence electrons. The van der Waals surface area contributed by atoms with Gasteiger partial charge in [0.15, 0.2) is 11.5 Å². The van der Waals surface area contributed by atoms with Crippen LogP contribution < -0.4 is 4.74 Å². The molecule has 0 spiro atoms. The van der Waals surface area contributed by atoms with Crippen LogP contribution in [-0.4, -0.2) is 35.0 Å². The fraction of sp³-hybridized carbons (Fsp3) is 0.133. The van der Waals surface area contributed by atoms with Crippen molar-refractivity contribution in [3.8, 4) is 17.3 Å². The number of hydrogen-bond acceptors (Lipinski definition) is 6. The smallest absolute Gasteiger partial charge is 0.231 e. The Morgan fingerprint density at radius 3 is 2.92 bits per heavy atom. The van der Waals surface area contributed by atoms with Crippen LogP contribution >= 0.6 is 0 Å². The summed E-state index contributed by atoms with van der Waals surface area (Å²) in [5.74, 6) is 0.716.